The van der Waals surface area contributed by atoms with E-state index in [2.05, 4.69) is 60.2 Å². The molecule has 0 amide bonds. The van der Waals surface area contributed by atoms with Gasteiger partial charge in [0.1, 0.15) is 0 Å². The minimum atomic E-state index is -4.27. The number of esters is 2. The molecular weight excluding hydrogens is 620 g/mol. The van der Waals surface area contributed by atoms with Crippen molar-refractivity contribution in [1.82, 2.24) is 0 Å². The molecule has 7 rings (SSSR count). The predicted molar refractivity (Wildman–Crippen MR) is 197 cm³/mol. The van der Waals surface area contributed by atoms with Gasteiger partial charge in [-0.05, 0) is 0 Å². The predicted octanol–water partition coefficient (Wildman–Crippen LogP) is 6.86. The fourth-order valence-electron chi connectivity index (χ4n) is 7.28. The third-order valence-electron chi connectivity index (χ3n) is 9.15. The molecule has 0 N–H and O–H groups in total. The van der Waals surface area contributed by atoms with Gasteiger partial charge in [-0.2, -0.15) is 0 Å². The SMILES string of the molecule is COC(=O)C1=CP2(c3ccccc3)(c3ccccc3)C(C(=O)OC)=CP(c3ccccc3)(c3ccccc3)=C2C1=Nc1ccccc1. The molecule has 2 aliphatic heterocycles. The van der Waals surface area contributed by atoms with E-state index in [0.717, 1.165) is 26.3 Å². The number of para-hydroxylation sites is 1. The zero-order chi connectivity index (χ0) is 32.5. The van der Waals surface area contributed by atoms with Gasteiger partial charge in [-0.25, -0.2) is 0 Å². The first-order valence-electron chi connectivity index (χ1n) is 15.3. The summed E-state index contributed by atoms with van der Waals surface area (Å²) in [6.45, 7) is -7.17. The van der Waals surface area contributed by atoms with Gasteiger partial charge >= 0.3 is 276 Å². The van der Waals surface area contributed by atoms with E-state index in [1.165, 1.54) is 14.2 Å². The maximum atomic E-state index is 14.6. The van der Waals surface area contributed by atoms with Crippen LogP contribution in [0.5, 0.6) is 0 Å². The molecule has 0 atom stereocenters. The number of hydrogen-bond acceptors (Lipinski definition) is 5. The summed E-state index contributed by atoms with van der Waals surface area (Å²) in [5.74, 6) is 3.29. The third-order valence-corrected chi connectivity index (χ3v) is 21.2. The summed E-state index contributed by atoms with van der Waals surface area (Å²) in [6, 6.07) is 50.5. The van der Waals surface area contributed by atoms with E-state index in [1.54, 1.807) is 0 Å². The van der Waals surface area contributed by atoms with E-state index in [9.17, 15) is 9.59 Å². The van der Waals surface area contributed by atoms with Crippen molar-refractivity contribution in [1.29, 1.82) is 0 Å². The van der Waals surface area contributed by atoms with Crippen molar-refractivity contribution in [2.75, 3.05) is 14.2 Å². The number of carbonyl (C=O) groups is 2. The Bertz CT molecular complexity index is 2060. The van der Waals surface area contributed by atoms with Gasteiger partial charge in [0.2, 0.25) is 0 Å². The molecule has 0 spiro atoms. The van der Waals surface area contributed by atoms with Crippen LogP contribution in [0.15, 0.2) is 179 Å². The summed E-state index contributed by atoms with van der Waals surface area (Å²) in [4.78, 5) is 34.1. The number of carbonyl (C=O) groups excluding carboxylic acids is 2. The first-order valence-corrected chi connectivity index (χ1v) is 19.5. The van der Waals surface area contributed by atoms with Crippen molar-refractivity contribution in [2.24, 2.45) is 4.99 Å². The van der Waals surface area contributed by atoms with Gasteiger partial charge < -0.3 is 0 Å². The summed E-state index contributed by atoms with van der Waals surface area (Å²) in [5.41, 5.74) is 1.56. The molecule has 0 aliphatic carbocycles. The summed E-state index contributed by atoms with van der Waals surface area (Å²) in [7, 11) is 2.82. The van der Waals surface area contributed by atoms with Crippen LogP contribution < -0.4 is 21.2 Å². The van der Waals surface area contributed by atoms with E-state index in [-0.39, 0.29) is 0 Å². The van der Waals surface area contributed by atoms with Gasteiger partial charge in [0.15, 0.2) is 0 Å². The summed E-state index contributed by atoms with van der Waals surface area (Å²) in [5, 5.41) is 5.42. The molecule has 0 unspecified atom stereocenters. The van der Waals surface area contributed by atoms with Crippen LogP contribution in [0.3, 0.4) is 0 Å². The van der Waals surface area contributed by atoms with Gasteiger partial charge in [-0.1, -0.05) is 0 Å². The zero-order valence-corrected chi connectivity index (χ0v) is 27.9. The molecule has 0 saturated carbocycles. The number of rotatable bonds is 7. The van der Waals surface area contributed by atoms with Crippen LogP contribution in [0.1, 0.15) is 0 Å². The van der Waals surface area contributed by atoms with Gasteiger partial charge in [-0.15, -0.1) is 0 Å². The van der Waals surface area contributed by atoms with Crippen LogP contribution in [0.2, 0.25) is 0 Å². The van der Waals surface area contributed by atoms with Crippen molar-refractivity contribution in [3.05, 3.63) is 174 Å². The molecule has 0 fully saturated rings. The van der Waals surface area contributed by atoms with E-state index in [1.807, 2.05) is 103 Å². The number of ether oxygens (including phenoxy) is 2. The number of benzene rings is 5. The second kappa shape index (κ2) is 11.9. The Kier molecular flexibility index (Phi) is 7.76. The molecule has 7 heteroatoms. The molecule has 2 aliphatic rings. The Morgan fingerprint density at radius 3 is 1.45 bits per heavy atom. The van der Waals surface area contributed by atoms with Crippen LogP contribution in [-0.2, 0) is 19.1 Å². The van der Waals surface area contributed by atoms with E-state index in [4.69, 9.17) is 14.5 Å². The van der Waals surface area contributed by atoms with Crippen LogP contribution in [0.4, 0.5) is 5.69 Å². The molecule has 5 aromatic rings. The van der Waals surface area contributed by atoms with Crippen LogP contribution in [-0.4, -0.2) is 36.9 Å². The van der Waals surface area contributed by atoms with Crippen LogP contribution >= 0.6 is 13.5 Å². The van der Waals surface area contributed by atoms with Crippen molar-refractivity contribution in [2.45, 2.75) is 0 Å². The Balaban J connectivity index is 1.87. The summed E-state index contributed by atoms with van der Waals surface area (Å²) < 4.78 is 11.2. The molecule has 0 radical (unpaired) electrons. The average molecular weight is 654 g/mol. The standard InChI is InChI=1S/C40H33NO4P2/c1-44-38(42)35-29-47(33-24-14-6-15-25-33,34-26-16-7-17-27-34)36(39(43)45-2)28-46(31-20-10-4-11-21-31,32-22-12-5-13-23-32)40(47)37(35)41-30-18-8-3-9-19-30/h3-29H,1-2H3. The fraction of sp³-hybridized carbons (Fsp3) is 0.0500. The summed E-state index contributed by atoms with van der Waals surface area (Å²) in [6.07, 6.45) is 0. The fourth-order valence-corrected chi connectivity index (χ4v) is 22.4. The van der Waals surface area contributed by atoms with Crippen LogP contribution in [0.25, 0.3) is 0 Å². The molecule has 5 aromatic carbocycles. The Morgan fingerprint density at radius 1 is 0.574 bits per heavy atom. The normalized spacial score (nSPS) is 18.6. The molecule has 5 nitrogen and oxygen atoms in total. The Hall–Kier alpha value is -5.08. The quantitative estimate of drug-likeness (QED) is 0.142. The molecule has 0 aromatic heterocycles. The number of hydrogen-bond donors (Lipinski definition) is 0. The number of aliphatic imine (C=N–C) groups is 1. The zero-order valence-electron chi connectivity index (χ0n) is 26.1. The van der Waals surface area contributed by atoms with Crippen LogP contribution in [0, 0.1) is 0 Å². The van der Waals surface area contributed by atoms with E-state index in [0.29, 0.717) is 22.3 Å². The number of fused-ring (bicyclic) bond motifs is 1. The maximum absolute atomic E-state index is 14.6. The number of methoxy groups -OCH3 is 2. The topological polar surface area (TPSA) is 65.0 Å². The summed E-state index contributed by atoms with van der Waals surface area (Å²) >= 11 is 0. The van der Waals surface area contributed by atoms with Crippen molar-refractivity contribution < 1.29 is 19.1 Å². The van der Waals surface area contributed by atoms with Crippen molar-refractivity contribution in [3.63, 3.8) is 0 Å². The monoisotopic (exact) mass is 653 g/mol. The molecule has 0 bridgehead atoms. The van der Waals surface area contributed by atoms with Crippen molar-refractivity contribution >= 4 is 63.1 Å². The second-order valence-electron chi connectivity index (χ2n) is 11.4. The molecule has 2 heterocycles. The van der Waals surface area contributed by atoms with E-state index >= 15 is 0 Å². The van der Waals surface area contributed by atoms with Gasteiger partial charge in [-0.3, -0.25) is 0 Å². The van der Waals surface area contributed by atoms with Crippen molar-refractivity contribution in [3.8, 4) is 0 Å². The molecule has 47 heavy (non-hydrogen) atoms. The molecule has 232 valence electrons. The number of nitrogens with zero attached hydrogens (tertiary/aromatic N) is 1. The Morgan fingerprint density at radius 2 is 1.00 bits per heavy atom. The molecular formula is C40H33NO4P2. The third kappa shape index (κ3) is 4.31. The van der Waals surface area contributed by atoms with Gasteiger partial charge in [0.05, 0.1) is 0 Å². The first kappa shape index (κ1) is 30.6. The minimum absolute atomic E-state index is 0.336. The van der Waals surface area contributed by atoms with Gasteiger partial charge in [0, 0.05) is 0 Å². The molecule has 0 saturated heterocycles. The van der Waals surface area contributed by atoms with Gasteiger partial charge in [0.25, 0.3) is 0 Å². The second-order valence-corrected chi connectivity index (χ2v) is 19.5. The van der Waals surface area contributed by atoms with E-state index < -0.39 is 25.4 Å². The average Bonchev–Trinajstić information content (AvgIpc) is 3.62. The Labute approximate surface area is 274 Å². The first-order chi connectivity index (χ1) is 23.0.